The molecule has 156 valence electrons. The third kappa shape index (κ3) is 7.98. The molecule has 1 aliphatic heterocycles. The third-order valence-electron chi connectivity index (χ3n) is 5.08. The molecule has 0 aliphatic carbocycles. The molecular weight excluding hydrogens is 370 g/mol. The number of aliphatic hydroxyl groups excluding tert-OH is 2. The van der Waals surface area contributed by atoms with Crippen LogP contribution in [-0.2, 0) is 17.6 Å². The van der Waals surface area contributed by atoms with Gasteiger partial charge in [0.1, 0.15) is 0 Å². The highest BCUT2D eigenvalue weighted by Crippen LogP contribution is 2.21. The van der Waals surface area contributed by atoms with Crippen LogP contribution >= 0.6 is 11.8 Å². The first kappa shape index (κ1) is 23.0. The Hall–Kier alpha value is -1.30. The van der Waals surface area contributed by atoms with Crippen molar-refractivity contribution in [2.75, 3.05) is 24.7 Å². The Kier molecular flexibility index (Phi) is 10.7. The molecule has 28 heavy (non-hydrogen) atoms. The summed E-state index contributed by atoms with van der Waals surface area (Å²) >= 11 is 1.84. The fraction of sp³-hybridized carbons (Fsp3) is 0.609. The van der Waals surface area contributed by atoms with Crippen LogP contribution in [0.3, 0.4) is 0 Å². The Morgan fingerprint density at radius 3 is 2.89 bits per heavy atom. The fourth-order valence-electron chi connectivity index (χ4n) is 3.59. The molecule has 2 N–H and O–H groups in total. The van der Waals surface area contributed by atoms with Gasteiger partial charge in [-0.15, -0.1) is 0 Å². The van der Waals surface area contributed by atoms with Gasteiger partial charge in [-0.25, -0.2) is 0 Å². The summed E-state index contributed by atoms with van der Waals surface area (Å²) in [6, 6.07) is 8.55. The summed E-state index contributed by atoms with van der Waals surface area (Å²) in [5.74, 6) is 2.17. The van der Waals surface area contributed by atoms with Crippen LogP contribution in [0.4, 0.5) is 0 Å². The number of carbonyl (C=O) groups is 1. The lowest BCUT2D eigenvalue weighted by Crippen LogP contribution is -2.34. The number of amides is 1. The van der Waals surface area contributed by atoms with Crippen molar-refractivity contribution in [3.05, 3.63) is 47.5 Å². The zero-order valence-corrected chi connectivity index (χ0v) is 17.9. The van der Waals surface area contributed by atoms with Crippen molar-refractivity contribution in [2.45, 2.75) is 64.0 Å². The Bertz CT molecular complexity index is 620. The third-order valence-corrected chi connectivity index (χ3v) is 6.13. The van der Waals surface area contributed by atoms with Gasteiger partial charge in [-0.2, -0.15) is 11.8 Å². The van der Waals surface area contributed by atoms with E-state index in [2.05, 4.69) is 31.2 Å². The lowest BCUT2D eigenvalue weighted by Gasteiger charge is -2.22. The van der Waals surface area contributed by atoms with E-state index in [4.69, 9.17) is 5.11 Å². The van der Waals surface area contributed by atoms with Gasteiger partial charge in [-0.1, -0.05) is 49.8 Å². The monoisotopic (exact) mass is 405 g/mol. The predicted molar refractivity (Wildman–Crippen MR) is 118 cm³/mol. The smallest absolute Gasteiger partial charge is 0.223 e. The van der Waals surface area contributed by atoms with Gasteiger partial charge in [-0.05, 0) is 42.6 Å². The second-order valence-corrected chi connectivity index (χ2v) is 8.69. The van der Waals surface area contributed by atoms with Gasteiger partial charge in [0, 0.05) is 31.7 Å². The van der Waals surface area contributed by atoms with Crippen LogP contribution in [-0.4, -0.2) is 57.8 Å². The van der Waals surface area contributed by atoms with Crippen molar-refractivity contribution in [2.24, 2.45) is 0 Å². The quantitative estimate of drug-likeness (QED) is 0.389. The molecule has 4 nitrogen and oxygen atoms in total. The van der Waals surface area contributed by atoms with Gasteiger partial charge in [0.15, 0.2) is 0 Å². The number of carbonyl (C=O) groups excluding carboxylic acids is 1. The molecule has 0 aromatic heterocycles. The van der Waals surface area contributed by atoms with Crippen molar-refractivity contribution in [3.8, 4) is 0 Å². The molecule has 1 heterocycles. The molecular formula is C23H35NO3S. The molecule has 0 saturated carbocycles. The molecule has 1 aliphatic rings. The second-order valence-electron chi connectivity index (χ2n) is 7.46. The minimum absolute atomic E-state index is 0.103. The minimum Gasteiger partial charge on any atom is -0.396 e. The number of thioether (sulfide) groups is 1. The maximum atomic E-state index is 12.2. The molecule has 1 aromatic rings. The highest BCUT2D eigenvalue weighted by Gasteiger charge is 2.28. The van der Waals surface area contributed by atoms with Crippen LogP contribution in [0, 0.1) is 0 Å². The fourth-order valence-corrected chi connectivity index (χ4v) is 4.53. The lowest BCUT2D eigenvalue weighted by molar-refractivity contribution is -0.128. The summed E-state index contributed by atoms with van der Waals surface area (Å²) < 4.78 is 0. The molecule has 0 bridgehead atoms. The summed E-state index contributed by atoms with van der Waals surface area (Å²) in [6.07, 6.45) is 9.44. The summed E-state index contributed by atoms with van der Waals surface area (Å²) in [4.78, 5) is 14.1. The summed E-state index contributed by atoms with van der Waals surface area (Å²) in [7, 11) is 0. The van der Waals surface area contributed by atoms with Crippen molar-refractivity contribution in [1.29, 1.82) is 0 Å². The number of benzene rings is 1. The van der Waals surface area contributed by atoms with Crippen LogP contribution in [0.25, 0.3) is 0 Å². The van der Waals surface area contributed by atoms with Gasteiger partial charge >= 0.3 is 0 Å². The van der Waals surface area contributed by atoms with Crippen LogP contribution < -0.4 is 0 Å². The second kappa shape index (κ2) is 13.0. The van der Waals surface area contributed by atoms with E-state index in [0.717, 1.165) is 55.7 Å². The number of nitrogens with zero attached hydrogens (tertiary/aromatic N) is 1. The van der Waals surface area contributed by atoms with Gasteiger partial charge in [0.05, 0.1) is 12.1 Å². The average molecular weight is 406 g/mol. The normalized spacial score (nSPS) is 18.3. The first-order valence-corrected chi connectivity index (χ1v) is 11.7. The number of rotatable bonds is 13. The van der Waals surface area contributed by atoms with Crippen LogP contribution in [0.15, 0.2) is 36.4 Å². The Labute approximate surface area is 174 Å². The molecule has 5 heteroatoms. The first-order valence-electron chi connectivity index (χ1n) is 10.6. The minimum atomic E-state index is -0.526. The molecule has 1 saturated heterocycles. The number of aryl methyl sites for hydroxylation is 1. The van der Waals surface area contributed by atoms with Gasteiger partial charge in [0.2, 0.25) is 5.91 Å². The van der Waals surface area contributed by atoms with E-state index in [1.54, 1.807) is 0 Å². The van der Waals surface area contributed by atoms with E-state index in [9.17, 15) is 9.90 Å². The van der Waals surface area contributed by atoms with E-state index in [1.165, 1.54) is 5.56 Å². The van der Waals surface area contributed by atoms with E-state index in [0.29, 0.717) is 12.8 Å². The Balaban J connectivity index is 1.80. The van der Waals surface area contributed by atoms with Crippen LogP contribution in [0.5, 0.6) is 0 Å². The molecule has 0 spiro atoms. The van der Waals surface area contributed by atoms with Crippen molar-refractivity contribution < 1.29 is 15.0 Å². The van der Waals surface area contributed by atoms with E-state index in [-0.39, 0.29) is 18.6 Å². The van der Waals surface area contributed by atoms with E-state index >= 15 is 0 Å². The Morgan fingerprint density at radius 2 is 2.11 bits per heavy atom. The standard InChI is InChI=1S/C23H35NO3S/c1-2-6-19-7-5-8-20(17-19)18-22(26)11-9-21-10-12-23(27)24(21)13-16-28-15-4-3-14-25/h5,7-9,11,17,21-22,25-26H,2-4,6,10,12-16,18H2,1H3/b11-9+/t21?,22-/m1/s1. The van der Waals surface area contributed by atoms with E-state index < -0.39 is 6.10 Å². The molecule has 1 amide bonds. The zero-order valence-electron chi connectivity index (χ0n) is 17.1. The van der Waals surface area contributed by atoms with E-state index in [1.807, 2.05) is 28.8 Å². The topological polar surface area (TPSA) is 60.8 Å². The van der Waals surface area contributed by atoms with Gasteiger partial charge < -0.3 is 15.1 Å². The largest absolute Gasteiger partial charge is 0.396 e. The van der Waals surface area contributed by atoms with Gasteiger partial charge in [0.25, 0.3) is 0 Å². The van der Waals surface area contributed by atoms with Crippen molar-refractivity contribution in [3.63, 3.8) is 0 Å². The molecule has 1 aromatic carbocycles. The molecule has 2 rings (SSSR count). The van der Waals surface area contributed by atoms with Crippen molar-refractivity contribution in [1.82, 2.24) is 4.90 Å². The number of hydrogen-bond acceptors (Lipinski definition) is 4. The summed E-state index contributed by atoms with van der Waals surface area (Å²) in [5.41, 5.74) is 2.47. The molecule has 0 radical (unpaired) electrons. The number of unbranched alkanes of at least 4 members (excludes halogenated alkanes) is 1. The molecule has 2 atom stereocenters. The SMILES string of the molecule is CCCc1cccc(C[C@H](O)/C=C/C2CCC(=O)N2CCSCCCCO)c1. The number of hydrogen-bond donors (Lipinski definition) is 2. The average Bonchev–Trinajstić information content (AvgIpc) is 3.03. The predicted octanol–water partition coefficient (Wildman–Crippen LogP) is 3.60. The zero-order chi connectivity index (χ0) is 20.2. The maximum absolute atomic E-state index is 12.2. The Morgan fingerprint density at radius 1 is 1.29 bits per heavy atom. The lowest BCUT2D eigenvalue weighted by atomic mass is 10.0. The van der Waals surface area contributed by atoms with Crippen molar-refractivity contribution >= 4 is 17.7 Å². The first-order chi connectivity index (χ1) is 13.6. The maximum Gasteiger partial charge on any atom is 0.223 e. The van der Waals surface area contributed by atoms with Crippen LogP contribution in [0.2, 0.25) is 0 Å². The number of likely N-dealkylation sites (tertiary alicyclic amines) is 1. The summed E-state index contributed by atoms with van der Waals surface area (Å²) in [6.45, 7) is 3.18. The molecule has 1 fully saturated rings. The van der Waals surface area contributed by atoms with Crippen LogP contribution in [0.1, 0.15) is 50.2 Å². The highest BCUT2D eigenvalue weighted by molar-refractivity contribution is 7.99. The number of aliphatic hydroxyl groups is 2. The van der Waals surface area contributed by atoms with Gasteiger partial charge in [-0.3, -0.25) is 4.79 Å². The molecule has 1 unspecified atom stereocenters. The highest BCUT2D eigenvalue weighted by atomic mass is 32.2. The summed E-state index contributed by atoms with van der Waals surface area (Å²) in [5, 5.41) is 19.2.